The lowest BCUT2D eigenvalue weighted by atomic mass is 9.97. The molecule has 1 aliphatic rings. The van der Waals surface area contributed by atoms with Gasteiger partial charge in [-0.2, -0.15) is 0 Å². The summed E-state index contributed by atoms with van der Waals surface area (Å²) in [4.78, 5) is 8.81. The van der Waals surface area contributed by atoms with E-state index in [4.69, 9.17) is 11.6 Å². The number of aromatic nitrogens is 2. The summed E-state index contributed by atoms with van der Waals surface area (Å²) in [5, 5.41) is 0.513. The first-order valence-electron chi connectivity index (χ1n) is 6.05. The number of fused-ring (bicyclic) bond motifs is 1. The van der Waals surface area contributed by atoms with E-state index in [-0.39, 0.29) is 5.82 Å². The van der Waals surface area contributed by atoms with E-state index in [1.165, 1.54) is 12.1 Å². The Morgan fingerprint density at radius 2 is 1.94 bits per heavy atom. The minimum absolute atomic E-state index is 0.287. The number of nitrogens with zero attached hydrogens (tertiary/aromatic N) is 2. The molecule has 92 valence electrons. The third kappa shape index (κ3) is 2.10. The molecule has 2 nitrogen and oxygen atoms in total. The summed E-state index contributed by atoms with van der Waals surface area (Å²) in [5.74, 6) is 0.227. The van der Waals surface area contributed by atoms with E-state index in [0.717, 1.165) is 36.9 Å². The molecule has 3 rings (SSSR count). The zero-order valence-corrected chi connectivity index (χ0v) is 10.5. The third-order valence-electron chi connectivity index (χ3n) is 3.22. The molecule has 1 aliphatic carbocycles. The SMILES string of the molecule is Fc1cccc(-c2nc(Cl)c3c(n2)CCCC3)c1. The van der Waals surface area contributed by atoms with Gasteiger partial charge in [0, 0.05) is 16.8 Å². The minimum atomic E-state index is -0.287. The normalized spacial score (nSPS) is 14.3. The van der Waals surface area contributed by atoms with Crippen molar-refractivity contribution in [1.82, 2.24) is 9.97 Å². The van der Waals surface area contributed by atoms with Crippen LogP contribution in [0.5, 0.6) is 0 Å². The molecule has 0 radical (unpaired) electrons. The van der Waals surface area contributed by atoms with Crippen LogP contribution in [0.3, 0.4) is 0 Å². The second-order valence-electron chi connectivity index (χ2n) is 4.48. The summed E-state index contributed by atoms with van der Waals surface area (Å²) >= 11 is 6.19. The molecule has 4 heteroatoms. The van der Waals surface area contributed by atoms with Gasteiger partial charge >= 0.3 is 0 Å². The quantitative estimate of drug-likeness (QED) is 0.730. The van der Waals surface area contributed by atoms with E-state index in [1.807, 2.05) is 0 Å². The molecule has 2 aromatic rings. The lowest BCUT2D eigenvalue weighted by Crippen LogP contribution is -2.08. The second kappa shape index (κ2) is 4.65. The van der Waals surface area contributed by atoms with Gasteiger partial charge in [-0.1, -0.05) is 23.7 Å². The average molecular weight is 263 g/mol. The fourth-order valence-electron chi connectivity index (χ4n) is 2.30. The molecule has 0 unspecified atom stereocenters. The third-order valence-corrected chi connectivity index (χ3v) is 3.53. The number of rotatable bonds is 1. The molecule has 0 amide bonds. The molecule has 1 heterocycles. The van der Waals surface area contributed by atoms with E-state index < -0.39 is 0 Å². The summed E-state index contributed by atoms with van der Waals surface area (Å²) in [6.45, 7) is 0. The monoisotopic (exact) mass is 262 g/mol. The van der Waals surface area contributed by atoms with Crippen LogP contribution < -0.4 is 0 Å². The predicted molar refractivity (Wildman–Crippen MR) is 69.1 cm³/mol. The van der Waals surface area contributed by atoms with Gasteiger partial charge in [-0.05, 0) is 37.8 Å². The zero-order chi connectivity index (χ0) is 12.5. The highest BCUT2D eigenvalue weighted by molar-refractivity contribution is 6.30. The Kier molecular flexibility index (Phi) is 3.00. The molecule has 1 aromatic carbocycles. The first kappa shape index (κ1) is 11.6. The summed E-state index contributed by atoms with van der Waals surface area (Å²) in [7, 11) is 0. The highest BCUT2D eigenvalue weighted by Gasteiger charge is 2.17. The lowest BCUT2D eigenvalue weighted by Gasteiger charge is -2.16. The largest absolute Gasteiger partial charge is 0.233 e. The molecule has 0 N–H and O–H groups in total. The second-order valence-corrected chi connectivity index (χ2v) is 4.84. The van der Waals surface area contributed by atoms with Gasteiger partial charge in [0.25, 0.3) is 0 Å². The van der Waals surface area contributed by atoms with Crippen molar-refractivity contribution in [1.29, 1.82) is 0 Å². The molecular weight excluding hydrogens is 251 g/mol. The first-order chi connectivity index (χ1) is 8.74. The van der Waals surface area contributed by atoms with Crippen molar-refractivity contribution in [3.8, 4) is 11.4 Å². The minimum Gasteiger partial charge on any atom is -0.233 e. The van der Waals surface area contributed by atoms with Crippen molar-refractivity contribution in [2.45, 2.75) is 25.7 Å². The number of aryl methyl sites for hydroxylation is 1. The number of benzene rings is 1. The van der Waals surface area contributed by atoms with E-state index in [1.54, 1.807) is 12.1 Å². The van der Waals surface area contributed by atoms with Crippen molar-refractivity contribution in [2.24, 2.45) is 0 Å². The van der Waals surface area contributed by atoms with Crippen molar-refractivity contribution in [2.75, 3.05) is 0 Å². The number of hydrogen-bond donors (Lipinski definition) is 0. The molecule has 0 saturated heterocycles. The Balaban J connectivity index is 2.11. The standard InChI is InChI=1S/C14H12ClFN2/c15-13-11-6-1-2-7-12(11)17-14(18-13)9-4-3-5-10(16)8-9/h3-5,8H,1-2,6-7H2. The average Bonchev–Trinajstić information content (AvgIpc) is 2.39. The van der Waals surface area contributed by atoms with Gasteiger partial charge in [0.1, 0.15) is 11.0 Å². The molecule has 0 bridgehead atoms. The van der Waals surface area contributed by atoms with E-state index in [0.29, 0.717) is 16.5 Å². The van der Waals surface area contributed by atoms with Crippen LogP contribution in [0, 0.1) is 5.82 Å². The van der Waals surface area contributed by atoms with Crippen LogP contribution in [0.2, 0.25) is 5.15 Å². The Hall–Kier alpha value is -1.48. The van der Waals surface area contributed by atoms with Crippen molar-refractivity contribution < 1.29 is 4.39 Å². The van der Waals surface area contributed by atoms with Crippen LogP contribution in [0.15, 0.2) is 24.3 Å². The number of halogens is 2. The number of hydrogen-bond acceptors (Lipinski definition) is 2. The highest BCUT2D eigenvalue weighted by Crippen LogP contribution is 2.28. The summed E-state index contributed by atoms with van der Waals surface area (Å²) in [5.41, 5.74) is 2.74. The maximum atomic E-state index is 13.2. The van der Waals surface area contributed by atoms with Crippen molar-refractivity contribution in [3.05, 3.63) is 46.5 Å². The highest BCUT2D eigenvalue weighted by atomic mass is 35.5. The lowest BCUT2D eigenvalue weighted by molar-refractivity contribution is 0.628. The van der Waals surface area contributed by atoms with Crippen LogP contribution in [0.1, 0.15) is 24.1 Å². The zero-order valence-electron chi connectivity index (χ0n) is 9.79. The maximum absolute atomic E-state index is 13.2. The molecule has 1 aromatic heterocycles. The Morgan fingerprint density at radius 1 is 1.11 bits per heavy atom. The fourth-order valence-corrected chi connectivity index (χ4v) is 2.59. The van der Waals surface area contributed by atoms with Crippen LogP contribution in [-0.2, 0) is 12.8 Å². The van der Waals surface area contributed by atoms with Crippen LogP contribution in [-0.4, -0.2) is 9.97 Å². The summed E-state index contributed by atoms with van der Waals surface area (Å²) in [6.07, 6.45) is 4.13. The van der Waals surface area contributed by atoms with Crippen LogP contribution in [0.25, 0.3) is 11.4 Å². The Morgan fingerprint density at radius 3 is 2.78 bits per heavy atom. The topological polar surface area (TPSA) is 25.8 Å². The first-order valence-corrected chi connectivity index (χ1v) is 6.43. The van der Waals surface area contributed by atoms with Gasteiger partial charge in [0.2, 0.25) is 0 Å². The molecule has 0 atom stereocenters. The van der Waals surface area contributed by atoms with Gasteiger partial charge in [0.15, 0.2) is 5.82 Å². The maximum Gasteiger partial charge on any atom is 0.161 e. The molecule has 0 aliphatic heterocycles. The summed E-state index contributed by atoms with van der Waals surface area (Å²) in [6, 6.07) is 6.29. The van der Waals surface area contributed by atoms with E-state index >= 15 is 0 Å². The van der Waals surface area contributed by atoms with E-state index in [9.17, 15) is 4.39 Å². The van der Waals surface area contributed by atoms with Crippen molar-refractivity contribution >= 4 is 11.6 Å². The molecule has 18 heavy (non-hydrogen) atoms. The Bertz CT molecular complexity index is 598. The fraction of sp³-hybridized carbons (Fsp3) is 0.286. The van der Waals surface area contributed by atoms with Gasteiger partial charge < -0.3 is 0 Å². The van der Waals surface area contributed by atoms with Gasteiger partial charge in [-0.15, -0.1) is 0 Å². The molecule has 0 fully saturated rings. The molecule has 0 spiro atoms. The van der Waals surface area contributed by atoms with Gasteiger partial charge in [-0.3, -0.25) is 0 Å². The molecular formula is C14H12ClFN2. The van der Waals surface area contributed by atoms with Crippen LogP contribution in [0.4, 0.5) is 4.39 Å². The van der Waals surface area contributed by atoms with Crippen molar-refractivity contribution in [3.63, 3.8) is 0 Å². The Labute approximate surface area is 110 Å². The van der Waals surface area contributed by atoms with E-state index in [2.05, 4.69) is 9.97 Å². The predicted octanol–water partition coefficient (Wildman–Crippen LogP) is 3.81. The molecule has 0 saturated carbocycles. The smallest absolute Gasteiger partial charge is 0.161 e. The van der Waals surface area contributed by atoms with Gasteiger partial charge in [-0.25, -0.2) is 14.4 Å². The van der Waals surface area contributed by atoms with Gasteiger partial charge in [0.05, 0.1) is 0 Å². The summed E-state index contributed by atoms with van der Waals surface area (Å²) < 4.78 is 13.2. The van der Waals surface area contributed by atoms with Crippen LogP contribution >= 0.6 is 11.6 Å².